The summed E-state index contributed by atoms with van der Waals surface area (Å²) in [6.07, 6.45) is 2.86. The lowest BCUT2D eigenvalue weighted by Crippen LogP contribution is -2.27. The first-order valence-electron chi connectivity index (χ1n) is 5.14. The SMILES string of the molecule is Oc1ccc(F)c(C2CCCCN2)c1O. The first-order valence-corrected chi connectivity index (χ1v) is 5.14. The van der Waals surface area contributed by atoms with Crippen LogP contribution in [0, 0.1) is 5.82 Å². The zero-order valence-corrected chi connectivity index (χ0v) is 8.33. The largest absolute Gasteiger partial charge is 0.504 e. The third kappa shape index (κ3) is 1.90. The van der Waals surface area contributed by atoms with Gasteiger partial charge in [-0.15, -0.1) is 0 Å². The van der Waals surface area contributed by atoms with E-state index in [0.717, 1.165) is 31.9 Å². The van der Waals surface area contributed by atoms with Crippen LogP contribution in [0.5, 0.6) is 11.5 Å². The van der Waals surface area contributed by atoms with Gasteiger partial charge in [-0.05, 0) is 31.5 Å². The molecule has 0 radical (unpaired) electrons. The van der Waals surface area contributed by atoms with Gasteiger partial charge in [-0.2, -0.15) is 0 Å². The van der Waals surface area contributed by atoms with E-state index >= 15 is 0 Å². The zero-order chi connectivity index (χ0) is 10.8. The summed E-state index contributed by atoms with van der Waals surface area (Å²) in [7, 11) is 0. The number of rotatable bonds is 1. The van der Waals surface area contributed by atoms with Gasteiger partial charge in [-0.25, -0.2) is 4.39 Å². The maximum atomic E-state index is 13.5. The molecule has 0 bridgehead atoms. The Morgan fingerprint density at radius 1 is 1.27 bits per heavy atom. The number of hydrogen-bond acceptors (Lipinski definition) is 3. The summed E-state index contributed by atoms with van der Waals surface area (Å²) >= 11 is 0. The van der Waals surface area contributed by atoms with Crippen molar-refractivity contribution in [1.29, 1.82) is 0 Å². The van der Waals surface area contributed by atoms with E-state index in [1.165, 1.54) is 6.07 Å². The smallest absolute Gasteiger partial charge is 0.165 e. The van der Waals surface area contributed by atoms with Crippen LogP contribution >= 0.6 is 0 Å². The van der Waals surface area contributed by atoms with E-state index in [1.807, 2.05) is 0 Å². The molecular weight excluding hydrogens is 197 g/mol. The van der Waals surface area contributed by atoms with Crippen LogP contribution in [0.25, 0.3) is 0 Å². The summed E-state index contributed by atoms with van der Waals surface area (Å²) in [4.78, 5) is 0. The lowest BCUT2D eigenvalue weighted by molar-refractivity contribution is 0.357. The van der Waals surface area contributed by atoms with Gasteiger partial charge >= 0.3 is 0 Å². The quantitative estimate of drug-likeness (QED) is 0.623. The van der Waals surface area contributed by atoms with Crippen molar-refractivity contribution in [2.75, 3.05) is 6.54 Å². The predicted octanol–water partition coefficient (Wildman–Crippen LogP) is 2.05. The van der Waals surface area contributed by atoms with Gasteiger partial charge in [0.1, 0.15) is 5.82 Å². The Bertz CT molecular complexity index is 362. The molecule has 4 heteroatoms. The molecule has 1 fully saturated rings. The first-order chi connectivity index (χ1) is 7.20. The number of phenols is 2. The minimum Gasteiger partial charge on any atom is -0.504 e. The van der Waals surface area contributed by atoms with E-state index in [4.69, 9.17) is 0 Å². The van der Waals surface area contributed by atoms with Crippen LogP contribution in [0.1, 0.15) is 30.9 Å². The predicted molar refractivity (Wildman–Crippen MR) is 54.3 cm³/mol. The van der Waals surface area contributed by atoms with Gasteiger partial charge in [0.2, 0.25) is 0 Å². The van der Waals surface area contributed by atoms with Crippen molar-refractivity contribution in [2.45, 2.75) is 25.3 Å². The van der Waals surface area contributed by atoms with Crippen molar-refractivity contribution < 1.29 is 14.6 Å². The molecule has 0 aromatic heterocycles. The average molecular weight is 211 g/mol. The number of halogens is 1. The highest BCUT2D eigenvalue weighted by atomic mass is 19.1. The fraction of sp³-hybridized carbons (Fsp3) is 0.455. The summed E-state index contributed by atoms with van der Waals surface area (Å²) in [5.74, 6) is -1.07. The molecule has 1 aromatic carbocycles. The number of benzene rings is 1. The second-order valence-electron chi connectivity index (χ2n) is 3.83. The topological polar surface area (TPSA) is 52.5 Å². The Morgan fingerprint density at radius 3 is 2.73 bits per heavy atom. The highest BCUT2D eigenvalue weighted by molar-refractivity contribution is 5.46. The summed E-state index contributed by atoms with van der Waals surface area (Å²) in [5, 5.41) is 22.0. The summed E-state index contributed by atoms with van der Waals surface area (Å²) in [5.41, 5.74) is 0.190. The molecule has 0 aliphatic carbocycles. The van der Waals surface area contributed by atoms with Gasteiger partial charge in [0.15, 0.2) is 11.5 Å². The number of phenolic OH excluding ortho intramolecular Hbond substituents is 2. The Labute approximate surface area is 87.6 Å². The van der Waals surface area contributed by atoms with Crippen LogP contribution < -0.4 is 5.32 Å². The molecule has 3 N–H and O–H groups in total. The Balaban J connectivity index is 2.36. The molecular formula is C11H14FNO2. The van der Waals surface area contributed by atoms with Crippen molar-refractivity contribution in [2.24, 2.45) is 0 Å². The van der Waals surface area contributed by atoms with Crippen LogP contribution in [0.4, 0.5) is 4.39 Å². The zero-order valence-electron chi connectivity index (χ0n) is 8.33. The number of hydrogen-bond donors (Lipinski definition) is 3. The van der Waals surface area contributed by atoms with Gasteiger partial charge in [-0.3, -0.25) is 0 Å². The van der Waals surface area contributed by atoms with Gasteiger partial charge in [0.05, 0.1) is 5.56 Å². The van der Waals surface area contributed by atoms with Crippen LogP contribution in [-0.4, -0.2) is 16.8 Å². The Morgan fingerprint density at radius 2 is 2.07 bits per heavy atom. The second kappa shape index (κ2) is 4.06. The first kappa shape index (κ1) is 10.2. The van der Waals surface area contributed by atoms with Gasteiger partial charge in [-0.1, -0.05) is 6.42 Å². The van der Waals surface area contributed by atoms with Gasteiger partial charge < -0.3 is 15.5 Å². The van der Waals surface area contributed by atoms with Crippen molar-refractivity contribution >= 4 is 0 Å². The standard InChI is InChI=1S/C11H14FNO2/c12-7-4-5-9(14)11(15)10(7)8-3-1-2-6-13-8/h4-5,8,13-15H,1-3,6H2. The summed E-state index contributed by atoms with van der Waals surface area (Å²) in [6.45, 7) is 0.819. The molecule has 1 atom stereocenters. The maximum Gasteiger partial charge on any atom is 0.165 e. The molecule has 15 heavy (non-hydrogen) atoms. The molecule has 0 spiro atoms. The fourth-order valence-corrected chi connectivity index (χ4v) is 2.00. The molecule has 1 heterocycles. The molecule has 0 saturated carbocycles. The van der Waals surface area contributed by atoms with E-state index < -0.39 is 5.82 Å². The van der Waals surface area contributed by atoms with Crippen molar-refractivity contribution in [3.63, 3.8) is 0 Å². The van der Waals surface area contributed by atoms with Crippen molar-refractivity contribution in [3.8, 4) is 11.5 Å². The number of aromatic hydroxyl groups is 2. The van der Waals surface area contributed by atoms with Crippen LogP contribution in [0.15, 0.2) is 12.1 Å². The molecule has 1 aliphatic rings. The molecule has 2 rings (SSSR count). The highest BCUT2D eigenvalue weighted by Gasteiger charge is 2.23. The summed E-state index contributed by atoms with van der Waals surface area (Å²) in [6, 6.07) is 2.16. The number of piperidine rings is 1. The average Bonchev–Trinajstić information content (AvgIpc) is 2.26. The summed E-state index contributed by atoms with van der Waals surface area (Å²) < 4.78 is 13.5. The molecule has 0 amide bonds. The third-order valence-electron chi connectivity index (χ3n) is 2.80. The minimum atomic E-state index is -0.468. The van der Waals surface area contributed by atoms with E-state index in [2.05, 4.69) is 5.32 Å². The maximum absolute atomic E-state index is 13.5. The Hall–Kier alpha value is -1.29. The van der Waals surface area contributed by atoms with Gasteiger partial charge in [0, 0.05) is 6.04 Å². The molecule has 1 aromatic rings. The van der Waals surface area contributed by atoms with E-state index in [9.17, 15) is 14.6 Å². The lowest BCUT2D eigenvalue weighted by atomic mass is 9.96. The monoisotopic (exact) mass is 211 g/mol. The van der Waals surface area contributed by atoms with Crippen molar-refractivity contribution in [3.05, 3.63) is 23.5 Å². The highest BCUT2D eigenvalue weighted by Crippen LogP contribution is 2.37. The second-order valence-corrected chi connectivity index (χ2v) is 3.83. The van der Waals surface area contributed by atoms with E-state index in [-0.39, 0.29) is 23.1 Å². The lowest BCUT2D eigenvalue weighted by Gasteiger charge is -2.24. The van der Waals surface area contributed by atoms with Crippen LogP contribution in [0.3, 0.4) is 0 Å². The van der Waals surface area contributed by atoms with Gasteiger partial charge in [0.25, 0.3) is 0 Å². The Kier molecular flexibility index (Phi) is 2.77. The molecule has 1 aliphatic heterocycles. The molecule has 1 saturated heterocycles. The number of nitrogens with one attached hydrogen (secondary N) is 1. The fourth-order valence-electron chi connectivity index (χ4n) is 2.00. The molecule has 82 valence electrons. The molecule has 3 nitrogen and oxygen atoms in total. The normalized spacial score (nSPS) is 21.5. The van der Waals surface area contributed by atoms with Crippen molar-refractivity contribution in [1.82, 2.24) is 5.32 Å². The van der Waals surface area contributed by atoms with E-state index in [1.54, 1.807) is 0 Å². The third-order valence-corrected chi connectivity index (χ3v) is 2.80. The minimum absolute atomic E-state index is 0.189. The van der Waals surface area contributed by atoms with Crippen LogP contribution in [-0.2, 0) is 0 Å². The van der Waals surface area contributed by atoms with Crippen LogP contribution in [0.2, 0.25) is 0 Å². The van der Waals surface area contributed by atoms with E-state index in [0.29, 0.717) is 0 Å². The molecule has 1 unspecified atom stereocenters.